The van der Waals surface area contributed by atoms with Crippen molar-refractivity contribution >= 4 is 24.5 Å². The fourth-order valence-corrected chi connectivity index (χ4v) is 3.44. The van der Waals surface area contributed by atoms with Crippen molar-refractivity contribution in [2.75, 3.05) is 0 Å². The van der Waals surface area contributed by atoms with Gasteiger partial charge in [-0.2, -0.15) is 0 Å². The average molecular weight is 385 g/mol. The van der Waals surface area contributed by atoms with Crippen molar-refractivity contribution in [2.24, 2.45) is 0 Å². The minimum absolute atomic E-state index is 0.00138. The third kappa shape index (κ3) is 4.50. The van der Waals surface area contributed by atoms with Crippen LogP contribution in [0.2, 0.25) is 5.02 Å². The topological polar surface area (TPSA) is 66.8 Å². The molecular weight excluding hydrogens is 366 g/mol. The highest BCUT2D eigenvalue weighted by Crippen LogP contribution is 2.38. The molecule has 0 saturated heterocycles. The van der Waals surface area contributed by atoms with Crippen LogP contribution in [0.4, 0.5) is 4.39 Å². The number of hydrogen-bond donors (Lipinski definition) is 2. The Balaban J connectivity index is 2.39. The van der Waals surface area contributed by atoms with E-state index >= 15 is 0 Å². The van der Waals surface area contributed by atoms with Crippen molar-refractivity contribution in [3.8, 4) is 11.5 Å². The Morgan fingerprint density at radius 3 is 2.40 bits per heavy atom. The van der Waals surface area contributed by atoms with Crippen LogP contribution in [0, 0.1) is 19.7 Å². The molecule has 0 unspecified atom stereocenters. The Morgan fingerprint density at radius 1 is 1.28 bits per heavy atom. The molecule has 0 fully saturated rings. The second kappa shape index (κ2) is 7.71. The van der Waals surface area contributed by atoms with Gasteiger partial charge >= 0.3 is 7.60 Å². The number of halogens is 2. The fraction of sp³-hybridized carbons (Fsp3) is 0.222. The molecule has 0 amide bonds. The van der Waals surface area contributed by atoms with Gasteiger partial charge in [-0.3, -0.25) is 4.57 Å². The summed E-state index contributed by atoms with van der Waals surface area (Å²) in [5, 5.41) is -0.102. The molecule has 0 radical (unpaired) electrons. The molecule has 2 aromatic carbocycles. The maximum absolute atomic E-state index is 14.5. The van der Waals surface area contributed by atoms with Gasteiger partial charge in [-0.15, -0.1) is 6.58 Å². The van der Waals surface area contributed by atoms with Crippen LogP contribution in [0.25, 0.3) is 0 Å². The van der Waals surface area contributed by atoms with Gasteiger partial charge in [-0.1, -0.05) is 23.7 Å². The van der Waals surface area contributed by atoms with Crippen LogP contribution in [0.5, 0.6) is 11.5 Å². The summed E-state index contributed by atoms with van der Waals surface area (Å²) in [5.74, 6) is -0.366. The molecule has 2 aromatic rings. The van der Waals surface area contributed by atoms with Crippen LogP contribution in [-0.2, 0) is 11.0 Å². The highest BCUT2D eigenvalue weighted by atomic mass is 35.5. The standard InChI is InChI=1S/C18H19ClFO4P/c1-4-5-6-13-7-8-15(17(20)16(13)19)24-18-11(2)9-14(10-12(18)3)25(21,22)23/h4,7-10H,1,5-6H2,2-3H3,(H2,21,22,23). The third-order valence-corrected chi connectivity index (χ3v) is 5.08. The molecule has 0 heterocycles. The average Bonchev–Trinajstić information content (AvgIpc) is 2.52. The predicted molar refractivity (Wildman–Crippen MR) is 97.6 cm³/mol. The summed E-state index contributed by atoms with van der Waals surface area (Å²) < 4.78 is 31.5. The lowest BCUT2D eigenvalue weighted by Crippen LogP contribution is -2.07. The highest BCUT2D eigenvalue weighted by molar-refractivity contribution is 7.60. The quantitative estimate of drug-likeness (QED) is 0.554. The number of rotatable bonds is 6. The van der Waals surface area contributed by atoms with E-state index in [1.807, 2.05) is 0 Å². The van der Waals surface area contributed by atoms with Crippen LogP contribution in [0.15, 0.2) is 36.9 Å². The van der Waals surface area contributed by atoms with Crippen molar-refractivity contribution in [3.63, 3.8) is 0 Å². The van der Waals surface area contributed by atoms with Gasteiger partial charge in [-0.05, 0) is 61.6 Å². The Bertz CT molecular complexity index is 837. The van der Waals surface area contributed by atoms with Crippen molar-refractivity contribution in [1.29, 1.82) is 0 Å². The van der Waals surface area contributed by atoms with E-state index in [2.05, 4.69) is 6.58 Å². The summed E-state index contributed by atoms with van der Waals surface area (Å²) in [6.45, 7) is 6.90. The molecule has 4 nitrogen and oxygen atoms in total. The molecule has 2 N–H and O–H groups in total. The first-order valence-electron chi connectivity index (χ1n) is 7.58. The minimum atomic E-state index is -4.37. The molecular formula is C18H19ClFO4P. The van der Waals surface area contributed by atoms with E-state index in [4.69, 9.17) is 16.3 Å². The Morgan fingerprint density at radius 2 is 1.88 bits per heavy atom. The number of benzene rings is 2. The summed E-state index contributed by atoms with van der Waals surface area (Å²) >= 11 is 6.07. The Labute approximate surface area is 151 Å². The molecule has 0 aliphatic heterocycles. The van der Waals surface area contributed by atoms with E-state index in [0.717, 1.165) is 0 Å². The molecule has 0 aromatic heterocycles. The third-order valence-electron chi connectivity index (χ3n) is 3.74. The van der Waals surface area contributed by atoms with Gasteiger partial charge in [0, 0.05) is 0 Å². The molecule has 0 bridgehead atoms. The number of ether oxygens (including phenoxy) is 1. The maximum Gasteiger partial charge on any atom is 0.356 e. The van der Waals surface area contributed by atoms with Crippen molar-refractivity contribution in [1.82, 2.24) is 0 Å². The lowest BCUT2D eigenvalue weighted by atomic mass is 10.1. The summed E-state index contributed by atoms with van der Waals surface area (Å²) in [6, 6.07) is 5.86. The summed E-state index contributed by atoms with van der Waals surface area (Å²) in [6.07, 6.45) is 2.99. The van der Waals surface area contributed by atoms with Crippen LogP contribution in [0.1, 0.15) is 23.1 Å². The van der Waals surface area contributed by atoms with Gasteiger partial charge < -0.3 is 14.5 Å². The normalized spacial score (nSPS) is 11.4. The van der Waals surface area contributed by atoms with E-state index in [0.29, 0.717) is 35.3 Å². The molecule has 0 aliphatic carbocycles. The number of aryl methyl sites for hydroxylation is 3. The Kier molecular flexibility index (Phi) is 6.07. The zero-order chi connectivity index (χ0) is 18.8. The van der Waals surface area contributed by atoms with E-state index in [-0.39, 0.29) is 16.1 Å². The minimum Gasteiger partial charge on any atom is -0.454 e. The molecule has 0 spiro atoms. The van der Waals surface area contributed by atoms with Crippen molar-refractivity contribution in [3.05, 3.63) is 64.5 Å². The number of hydrogen-bond acceptors (Lipinski definition) is 2. The van der Waals surface area contributed by atoms with Crippen LogP contribution in [-0.4, -0.2) is 9.79 Å². The lowest BCUT2D eigenvalue weighted by Gasteiger charge is -2.16. The summed E-state index contributed by atoms with van der Waals surface area (Å²) in [7, 11) is -4.37. The fourth-order valence-electron chi connectivity index (χ4n) is 2.47. The molecule has 7 heteroatoms. The van der Waals surface area contributed by atoms with E-state index in [9.17, 15) is 18.7 Å². The van der Waals surface area contributed by atoms with Gasteiger partial charge in [0.05, 0.1) is 10.3 Å². The van der Waals surface area contributed by atoms with Crippen molar-refractivity contribution < 1.29 is 23.5 Å². The molecule has 0 aliphatic rings. The molecule has 2 rings (SSSR count). The van der Waals surface area contributed by atoms with Gasteiger partial charge in [0.15, 0.2) is 11.6 Å². The summed E-state index contributed by atoms with van der Waals surface area (Å²) in [4.78, 5) is 18.6. The van der Waals surface area contributed by atoms with Crippen LogP contribution in [0.3, 0.4) is 0 Å². The van der Waals surface area contributed by atoms with Gasteiger partial charge in [0.1, 0.15) is 5.75 Å². The Hall–Kier alpha value is -1.65. The SMILES string of the molecule is C=CCCc1ccc(Oc2c(C)cc(P(=O)(O)O)cc2C)c(F)c1Cl. The zero-order valence-electron chi connectivity index (χ0n) is 13.9. The predicted octanol–water partition coefficient (Wildman–Crippen LogP) is 4.81. The summed E-state index contributed by atoms with van der Waals surface area (Å²) in [5.41, 5.74) is 1.64. The molecule has 0 saturated carbocycles. The zero-order valence-corrected chi connectivity index (χ0v) is 15.6. The lowest BCUT2D eigenvalue weighted by molar-refractivity contribution is 0.387. The highest BCUT2D eigenvalue weighted by Gasteiger charge is 2.21. The maximum atomic E-state index is 14.5. The van der Waals surface area contributed by atoms with Crippen molar-refractivity contribution in [2.45, 2.75) is 26.7 Å². The second-order valence-electron chi connectivity index (χ2n) is 5.73. The monoisotopic (exact) mass is 384 g/mol. The first kappa shape index (κ1) is 19.7. The first-order valence-corrected chi connectivity index (χ1v) is 9.57. The smallest absolute Gasteiger partial charge is 0.356 e. The van der Waals surface area contributed by atoms with Gasteiger partial charge in [-0.25, -0.2) is 4.39 Å². The largest absolute Gasteiger partial charge is 0.454 e. The number of allylic oxidation sites excluding steroid dienone is 1. The van der Waals surface area contributed by atoms with E-state index < -0.39 is 13.4 Å². The molecule has 25 heavy (non-hydrogen) atoms. The van der Waals surface area contributed by atoms with E-state index in [1.165, 1.54) is 18.2 Å². The molecule has 134 valence electrons. The molecule has 0 atom stereocenters. The van der Waals surface area contributed by atoms with Gasteiger partial charge in [0.2, 0.25) is 0 Å². The van der Waals surface area contributed by atoms with E-state index in [1.54, 1.807) is 26.0 Å². The van der Waals surface area contributed by atoms with Crippen LogP contribution >= 0.6 is 19.2 Å². The second-order valence-corrected chi connectivity index (χ2v) is 7.72. The first-order chi connectivity index (χ1) is 11.6. The van der Waals surface area contributed by atoms with Gasteiger partial charge in [0.25, 0.3) is 0 Å². The van der Waals surface area contributed by atoms with Crippen LogP contribution < -0.4 is 10.0 Å².